The molecule has 9 heteroatoms. The summed E-state index contributed by atoms with van der Waals surface area (Å²) in [5.41, 5.74) is 2.53. The summed E-state index contributed by atoms with van der Waals surface area (Å²) in [6.45, 7) is 2.90. The quantitative estimate of drug-likeness (QED) is 0.497. The number of nitrogens with one attached hydrogen (secondary N) is 1. The van der Waals surface area contributed by atoms with Crippen molar-refractivity contribution < 1.29 is 13.2 Å². The van der Waals surface area contributed by atoms with Crippen molar-refractivity contribution in [1.82, 2.24) is 14.5 Å². The third kappa shape index (κ3) is 3.45. The van der Waals surface area contributed by atoms with Crippen molar-refractivity contribution in [1.29, 1.82) is 0 Å². The minimum atomic E-state index is -3.67. The molecule has 4 rings (SSSR count). The molecule has 0 bridgehead atoms. The maximum atomic E-state index is 12.7. The lowest BCUT2D eigenvalue weighted by atomic mass is 10.1. The summed E-state index contributed by atoms with van der Waals surface area (Å²) in [5, 5.41) is 4.35. The highest BCUT2D eigenvalue weighted by molar-refractivity contribution is 7.90. The standard InChI is InChI=1S/C20H17ClN4O3S/c1-3-25-16-7-5-4-6-13(16)14-10-12(8-9-17(14)25)23-19(26)18-15(21)11-22-20(24-18)29(2,27)28/h4-11H,3H2,1-2H3,(H,23,26). The van der Waals surface area contributed by atoms with Crippen LogP contribution in [0.3, 0.4) is 0 Å². The number of amides is 1. The Labute approximate surface area is 172 Å². The van der Waals surface area contributed by atoms with E-state index in [0.29, 0.717) is 5.69 Å². The van der Waals surface area contributed by atoms with Crippen molar-refractivity contribution in [3.63, 3.8) is 0 Å². The molecule has 2 heterocycles. The molecule has 29 heavy (non-hydrogen) atoms. The first-order chi connectivity index (χ1) is 13.8. The number of carbonyl (C=O) groups is 1. The Kier molecular flexibility index (Phi) is 4.76. The van der Waals surface area contributed by atoms with Crippen molar-refractivity contribution in [2.24, 2.45) is 0 Å². The Morgan fingerprint density at radius 2 is 1.86 bits per heavy atom. The van der Waals surface area contributed by atoms with Gasteiger partial charge in [-0.2, -0.15) is 0 Å². The lowest BCUT2D eigenvalue weighted by Gasteiger charge is -2.08. The number of nitrogens with zero attached hydrogens (tertiary/aromatic N) is 3. The third-order valence-corrected chi connectivity index (χ3v) is 5.75. The van der Waals surface area contributed by atoms with Crippen LogP contribution in [0.25, 0.3) is 21.8 Å². The van der Waals surface area contributed by atoms with Crippen LogP contribution >= 0.6 is 11.6 Å². The number of para-hydroxylation sites is 1. The Balaban J connectivity index is 1.75. The van der Waals surface area contributed by atoms with Crippen LogP contribution < -0.4 is 5.32 Å². The van der Waals surface area contributed by atoms with Crippen molar-refractivity contribution >= 4 is 54.8 Å². The summed E-state index contributed by atoms with van der Waals surface area (Å²) in [6.07, 6.45) is 2.08. The van der Waals surface area contributed by atoms with Gasteiger partial charge < -0.3 is 9.88 Å². The summed E-state index contributed by atoms with van der Waals surface area (Å²) in [7, 11) is -3.67. The number of benzene rings is 2. The minimum absolute atomic E-state index is 0.0291. The first-order valence-electron chi connectivity index (χ1n) is 8.84. The van der Waals surface area contributed by atoms with Gasteiger partial charge in [0, 0.05) is 40.3 Å². The lowest BCUT2D eigenvalue weighted by Crippen LogP contribution is -2.17. The van der Waals surface area contributed by atoms with Gasteiger partial charge in [0.15, 0.2) is 5.69 Å². The fourth-order valence-electron chi connectivity index (χ4n) is 3.35. The van der Waals surface area contributed by atoms with Crippen LogP contribution in [0.5, 0.6) is 0 Å². The number of rotatable bonds is 4. The maximum Gasteiger partial charge on any atom is 0.275 e. The Morgan fingerprint density at radius 1 is 1.14 bits per heavy atom. The molecule has 4 aromatic rings. The highest BCUT2D eigenvalue weighted by atomic mass is 35.5. The molecule has 0 unspecified atom stereocenters. The van der Waals surface area contributed by atoms with Crippen molar-refractivity contribution in [2.45, 2.75) is 18.6 Å². The van der Waals surface area contributed by atoms with Gasteiger partial charge in [-0.25, -0.2) is 18.4 Å². The molecule has 0 aliphatic heterocycles. The second-order valence-corrected chi connectivity index (χ2v) is 8.89. The van der Waals surface area contributed by atoms with Crippen LogP contribution in [0.15, 0.2) is 53.8 Å². The fraction of sp³-hybridized carbons (Fsp3) is 0.150. The summed E-state index contributed by atoms with van der Waals surface area (Å²) in [5.74, 6) is -0.610. The predicted octanol–water partition coefficient (Wildman–Crippen LogP) is 3.91. The summed E-state index contributed by atoms with van der Waals surface area (Å²) in [6, 6.07) is 13.7. The van der Waals surface area contributed by atoms with E-state index in [1.807, 2.05) is 30.3 Å². The monoisotopic (exact) mass is 428 g/mol. The second-order valence-electron chi connectivity index (χ2n) is 6.57. The van der Waals surface area contributed by atoms with Crippen LogP contribution in [0.4, 0.5) is 5.69 Å². The largest absolute Gasteiger partial charge is 0.341 e. The van der Waals surface area contributed by atoms with Crippen LogP contribution in [-0.4, -0.2) is 35.1 Å². The van der Waals surface area contributed by atoms with Crippen molar-refractivity contribution in [3.05, 3.63) is 59.4 Å². The van der Waals surface area contributed by atoms with Crippen LogP contribution in [0, 0.1) is 0 Å². The second kappa shape index (κ2) is 7.13. The van der Waals surface area contributed by atoms with Crippen molar-refractivity contribution in [2.75, 3.05) is 11.6 Å². The predicted molar refractivity (Wildman–Crippen MR) is 113 cm³/mol. The van der Waals surface area contributed by atoms with Gasteiger partial charge in [-0.3, -0.25) is 4.79 Å². The molecule has 7 nitrogen and oxygen atoms in total. The normalized spacial score (nSPS) is 11.8. The number of aryl methyl sites for hydroxylation is 1. The molecule has 1 amide bonds. The molecule has 2 aromatic carbocycles. The average Bonchev–Trinajstić information content (AvgIpc) is 3.00. The Morgan fingerprint density at radius 3 is 2.59 bits per heavy atom. The number of fused-ring (bicyclic) bond motifs is 3. The van der Waals surface area contributed by atoms with E-state index >= 15 is 0 Å². The van der Waals surface area contributed by atoms with Gasteiger partial charge in [0.25, 0.3) is 5.91 Å². The molecule has 0 aliphatic rings. The van der Waals surface area contributed by atoms with Gasteiger partial charge in [0.05, 0.1) is 11.2 Å². The first kappa shape index (κ1) is 19.4. The molecule has 0 saturated heterocycles. The highest BCUT2D eigenvalue weighted by Crippen LogP contribution is 2.31. The highest BCUT2D eigenvalue weighted by Gasteiger charge is 2.19. The zero-order chi connectivity index (χ0) is 20.8. The number of anilines is 1. The van der Waals surface area contributed by atoms with Gasteiger partial charge in [-0.05, 0) is 31.2 Å². The summed E-state index contributed by atoms with van der Waals surface area (Å²) in [4.78, 5) is 20.2. The van der Waals surface area contributed by atoms with Gasteiger partial charge >= 0.3 is 0 Å². The number of hydrogen-bond donors (Lipinski definition) is 1. The molecule has 148 valence electrons. The van der Waals surface area contributed by atoms with E-state index in [1.54, 1.807) is 6.07 Å². The first-order valence-corrected chi connectivity index (χ1v) is 11.1. The van der Waals surface area contributed by atoms with E-state index < -0.39 is 20.9 Å². The number of aromatic nitrogens is 3. The molecule has 0 atom stereocenters. The van der Waals surface area contributed by atoms with Gasteiger partial charge in [0.1, 0.15) is 0 Å². The number of carbonyl (C=O) groups excluding carboxylic acids is 1. The van der Waals surface area contributed by atoms with Crippen LogP contribution in [0.1, 0.15) is 17.4 Å². The molecule has 1 N–H and O–H groups in total. The molecule has 2 aromatic heterocycles. The van der Waals surface area contributed by atoms with E-state index in [2.05, 4.69) is 32.8 Å². The van der Waals surface area contributed by atoms with E-state index in [4.69, 9.17) is 11.6 Å². The minimum Gasteiger partial charge on any atom is -0.341 e. The van der Waals surface area contributed by atoms with Gasteiger partial charge in [-0.1, -0.05) is 29.8 Å². The summed E-state index contributed by atoms with van der Waals surface area (Å²) >= 11 is 6.02. The fourth-order valence-corrected chi connectivity index (χ4v) is 4.03. The zero-order valence-electron chi connectivity index (χ0n) is 15.7. The number of sulfone groups is 1. The average molecular weight is 429 g/mol. The van der Waals surface area contributed by atoms with E-state index in [0.717, 1.165) is 40.8 Å². The van der Waals surface area contributed by atoms with Crippen LogP contribution in [0.2, 0.25) is 5.02 Å². The molecular formula is C20H17ClN4O3S. The third-order valence-electron chi connectivity index (χ3n) is 4.62. The SMILES string of the molecule is CCn1c2ccccc2c2cc(NC(=O)c3nc(S(C)(=O)=O)ncc3Cl)ccc21. The molecule has 0 saturated carbocycles. The lowest BCUT2D eigenvalue weighted by molar-refractivity contribution is 0.102. The molecule has 0 spiro atoms. The molecular weight excluding hydrogens is 412 g/mol. The van der Waals surface area contributed by atoms with Crippen LogP contribution in [-0.2, 0) is 16.4 Å². The van der Waals surface area contributed by atoms with Crippen molar-refractivity contribution in [3.8, 4) is 0 Å². The summed E-state index contributed by atoms with van der Waals surface area (Å²) < 4.78 is 25.6. The molecule has 0 fully saturated rings. The Bertz CT molecular complexity index is 1380. The Hall–Kier alpha value is -2.97. The number of hydrogen-bond acceptors (Lipinski definition) is 5. The molecule has 0 radical (unpaired) electrons. The van der Waals surface area contributed by atoms with E-state index in [9.17, 15) is 13.2 Å². The topological polar surface area (TPSA) is 94.0 Å². The molecule has 0 aliphatic carbocycles. The maximum absolute atomic E-state index is 12.7. The van der Waals surface area contributed by atoms with E-state index in [1.165, 1.54) is 0 Å². The number of halogens is 1. The van der Waals surface area contributed by atoms with Gasteiger partial charge in [0.2, 0.25) is 15.0 Å². The van der Waals surface area contributed by atoms with Gasteiger partial charge in [-0.15, -0.1) is 0 Å². The zero-order valence-corrected chi connectivity index (χ0v) is 17.3. The smallest absolute Gasteiger partial charge is 0.275 e. The van der Waals surface area contributed by atoms with E-state index in [-0.39, 0.29) is 10.7 Å².